The van der Waals surface area contributed by atoms with Crippen LogP contribution in [0.25, 0.3) is 0 Å². The number of hydrogen-bond acceptors (Lipinski definition) is 2. The summed E-state index contributed by atoms with van der Waals surface area (Å²) < 4.78 is 19.1. The van der Waals surface area contributed by atoms with Crippen molar-refractivity contribution in [2.75, 3.05) is 7.11 Å². The molecule has 1 aromatic rings. The summed E-state index contributed by atoms with van der Waals surface area (Å²) in [4.78, 5) is 0. The number of methoxy groups -OCH3 is 1. The lowest BCUT2D eigenvalue weighted by Gasteiger charge is -2.39. The van der Waals surface area contributed by atoms with Gasteiger partial charge in [-0.1, -0.05) is 26.0 Å². The lowest BCUT2D eigenvalue weighted by molar-refractivity contribution is -0.0310. The molecule has 0 aromatic heterocycles. The van der Waals surface area contributed by atoms with Crippen molar-refractivity contribution < 1.29 is 14.2 Å². The van der Waals surface area contributed by atoms with E-state index in [-0.39, 0.29) is 11.6 Å². The van der Waals surface area contributed by atoms with Crippen molar-refractivity contribution in [1.29, 1.82) is 0 Å². The van der Waals surface area contributed by atoms with E-state index in [4.69, 9.17) is 4.74 Å². The topological polar surface area (TPSA) is 29.5 Å². The largest absolute Gasteiger partial charge is 0.494 e. The van der Waals surface area contributed by atoms with E-state index in [1.807, 2.05) is 0 Å². The van der Waals surface area contributed by atoms with Crippen molar-refractivity contribution in [3.05, 3.63) is 29.6 Å². The molecule has 2 atom stereocenters. The molecule has 0 amide bonds. The van der Waals surface area contributed by atoms with Gasteiger partial charge < -0.3 is 9.84 Å². The zero-order chi connectivity index (χ0) is 14.0. The molecule has 0 radical (unpaired) electrons. The highest BCUT2D eigenvalue weighted by atomic mass is 19.1. The number of rotatable bonds is 3. The summed E-state index contributed by atoms with van der Waals surface area (Å²) in [5, 5.41) is 10.7. The maximum atomic E-state index is 14.2. The lowest BCUT2D eigenvalue weighted by Crippen LogP contribution is -2.40. The SMILES string of the molecule is COc1cccc(CC2(O)CC(C)CC(C)C2)c1F. The maximum Gasteiger partial charge on any atom is 0.168 e. The smallest absolute Gasteiger partial charge is 0.168 e. The Labute approximate surface area is 114 Å². The first-order valence-electron chi connectivity index (χ1n) is 6.97. The van der Waals surface area contributed by atoms with Crippen LogP contribution in [-0.2, 0) is 6.42 Å². The van der Waals surface area contributed by atoms with Gasteiger partial charge in [0.05, 0.1) is 12.7 Å². The predicted octanol–water partition coefficient (Wildman–Crippen LogP) is 3.56. The fourth-order valence-corrected chi connectivity index (χ4v) is 3.58. The lowest BCUT2D eigenvalue weighted by atomic mass is 9.71. The molecule has 106 valence electrons. The number of halogens is 1. The van der Waals surface area contributed by atoms with Gasteiger partial charge in [-0.15, -0.1) is 0 Å². The van der Waals surface area contributed by atoms with Crippen LogP contribution in [0.1, 0.15) is 38.7 Å². The molecule has 2 nitrogen and oxygen atoms in total. The highest BCUT2D eigenvalue weighted by Gasteiger charge is 2.36. The third-order valence-corrected chi connectivity index (χ3v) is 4.04. The molecule has 1 aliphatic carbocycles. The molecule has 1 fully saturated rings. The first-order valence-corrected chi connectivity index (χ1v) is 6.97. The van der Waals surface area contributed by atoms with E-state index in [1.165, 1.54) is 7.11 Å². The van der Waals surface area contributed by atoms with Crippen LogP contribution in [0.2, 0.25) is 0 Å². The maximum absolute atomic E-state index is 14.2. The monoisotopic (exact) mass is 266 g/mol. The van der Waals surface area contributed by atoms with Crippen molar-refractivity contribution >= 4 is 0 Å². The molecule has 1 aromatic carbocycles. The van der Waals surface area contributed by atoms with Gasteiger partial charge in [0.1, 0.15) is 0 Å². The minimum Gasteiger partial charge on any atom is -0.494 e. The van der Waals surface area contributed by atoms with Gasteiger partial charge in [0, 0.05) is 6.42 Å². The van der Waals surface area contributed by atoms with Crippen molar-refractivity contribution in [3.8, 4) is 5.75 Å². The highest BCUT2D eigenvalue weighted by molar-refractivity contribution is 5.32. The molecule has 0 aliphatic heterocycles. The van der Waals surface area contributed by atoms with Crippen LogP contribution in [0.4, 0.5) is 4.39 Å². The van der Waals surface area contributed by atoms with Gasteiger partial charge in [0.25, 0.3) is 0 Å². The van der Waals surface area contributed by atoms with Gasteiger partial charge in [-0.3, -0.25) is 0 Å². The second-order valence-electron chi connectivity index (χ2n) is 6.19. The average Bonchev–Trinajstić information content (AvgIpc) is 2.29. The van der Waals surface area contributed by atoms with Crippen molar-refractivity contribution in [2.45, 2.75) is 45.1 Å². The van der Waals surface area contributed by atoms with Crippen LogP contribution < -0.4 is 4.74 Å². The first kappa shape index (κ1) is 14.3. The zero-order valence-electron chi connectivity index (χ0n) is 11.9. The Morgan fingerprint density at radius 1 is 1.32 bits per heavy atom. The molecule has 0 heterocycles. The summed E-state index contributed by atoms with van der Waals surface area (Å²) in [7, 11) is 1.46. The number of hydrogen-bond donors (Lipinski definition) is 1. The van der Waals surface area contributed by atoms with Gasteiger partial charge >= 0.3 is 0 Å². The molecule has 0 saturated heterocycles. The Hall–Kier alpha value is -1.09. The molecular formula is C16H23FO2. The van der Waals surface area contributed by atoms with Crippen molar-refractivity contribution in [2.24, 2.45) is 11.8 Å². The van der Waals surface area contributed by atoms with Gasteiger partial charge in [-0.2, -0.15) is 0 Å². The van der Waals surface area contributed by atoms with E-state index >= 15 is 0 Å². The minimum atomic E-state index is -0.787. The Kier molecular flexibility index (Phi) is 4.14. The van der Waals surface area contributed by atoms with Crippen molar-refractivity contribution in [3.63, 3.8) is 0 Å². The van der Waals surface area contributed by atoms with Crippen LogP contribution >= 0.6 is 0 Å². The molecule has 0 spiro atoms. The Bertz CT molecular complexity index is 434. The molecule has 3 heteroatoms. The summed E-state index contributed by atoms with van der Waals surface area (Å²) in [6.45, 7) is 4.31. The van der Waals surface area contributed by atoms with E-state index in [2.05, 4.69) is 13.8 Å². The van der Waals surface area contributed by atoms with E-state index in [9.17, 15) is 9.50 Å². The second-order valence-corrected chi connectivity index (χ2v) is 6.19. The van der Waals surface area contributed by atoms with E-state index < -0.39 is 5.60 Å². The van der Waals surface area contributed by atoms with Crippen LogP contribution in [0.5, 0.6) is 5.75 Å². The van der Waals surface area contributed by atoms with Crippen LogP contribution in [0.15, 0.2) is 18.2 Å². The van der Waals surface area contributed by atoms with E-state index in [1.54, 1.807) is 18.2 Å². The molecular weight excluding hydrogens is 243 g/mol. The summed E-state index contributed by atoms with van der Waals surface area (Å²) >= 11 is 0. The third kappa shape index (κ3) is 3.27. The van der Waals surface area contributed by atoms with Gasteiger partial charge in [-0.05, 0) is 42.7 Å². The summed E-state index contributed by atoms with van der Waals surface area (Å²) in [5.74, 6) is 0.882. The third-order valence-electron chi connectivity index (χ3n) is 4.04. The summed E-state index contributed by atoms with van der Waals surface area (Å²) in [6.07, 6.45) is 3.00. The first-order chi connectivity index (χ1) is 8.93. The summed E-state index contributed by atoms with van der Waals surface area (Å²) in [5.41, 5.74) is -0.243. The van der Waals surface area contributed by atoms with E-state index in [0.717, 1.165) is 19.3 Å². The second kappa shape index (κ2) is 5.49. The number of ether oxygens (including phenoxy) is 1. The molecule has 19 heavy (non-hydrogen) atoms. The van der Waals surface area contributed by atoms with Crippen molar-refractivity contribution in [1.82, 2.24) is 0 Å². The zero-order valence-corrected chi connectivity index (χ0v) is 11.9. The van der Waals surface area contributed by atoms with Gasteiger partial charge in [0.15, 0.2) is 11.6 Å². The highest BCUT2D eigenvalue weighted by Crippen LogP contribution is 2.38. The average molecular weight is 266 g/mol. The Morgan fingerprint density at radius 3 is 2.53 bits per heavy atom. The minimum absolute atomic E-state index is 0.248. The fraction of sp³-hybridized carbons (Fsp3) is 0.625. The molecule has 1 saturated carbocycles. The molecule has 2 unspecified atom stereocenters. The molecule has 0 bridgehead atoms. The van der Waals surface area contributed by atoms with Gasteiger partial charge in [0.2, 0.25) is 0 Å². The quantitative estimate of drug-likeness (QED) is 0.906. The van der Waals surface area contributed by atoms with Crippen LogP contribution in [-0.4, -0.2) is 17.8 Å². The Morgan fingerprint density at radius 2 is 1.95 bits per heavy atom. The molecule has 2 rings (SSSR count). The van der Waals surface area contributed by atoms with Crippen LogP contribution in [0, 0.1) is 17.7 Å². The molecule has 1 N–H and O–H groups in total. The number of aliphatic hydroxyl groups is 1. The Balaban J connectivity index is 2.20. The fourth-order valence-electron chi connectivity index (χ4n) is 3.58. The summed E-state index contributed by atoms with van der Waals surface area (Å²) in [6, 6.07) is 5.12. The predicted molar refractivity (Wildman–Crippen MR) is 73.8 cm³/mol. The van der Waals surface area contributed by atoms with Crippen LogP contribution in [0.3, 0.4) is 0 Å². The van der Waals surface area contributed by atoms with E-state index in [0.29, 0.717) is 23.8 Å². The number of benzene rings is 1. The normalized spacial score (nSPS) is 31.2. The van der Waals surface area contributed by atoms with Gasteiger partial charge in [-0.25, -0.2) is 4.39 Å². The molecule has 1 aliphatic rings. The standard InChI is InChI=1S/C16H23FO2/c1-11-7-12(2)9-16(18,8-11)10-13-5-4-6-14(19-3)15(13)17/h4-6,11-12,18H,7-10H2,1-3H3.